The molecule has 8 heteroatoms. The zero-order chi connectivity index (χ0) is 29.9. The lowest BCUT2D eigenvalue weighted by Gasteiger charge is -2.60. The minimum atomic E-state index is -0.752. The van der Waals surface area contributed by atoms with Crippen molar-refractivity contribution in [2.24, 2.45) is 5.92 Å². The summed E-state index contributed by atoms with van der Waals surface area (Å²) in [5.74, 6) is 1.16. The average Bonchev–Trinajstić information content (AvgIpc) is 3.78. The van der Waals surface area contributed by atoms with Crippen LogP contribution in [0.4, 0.5) is 0 Å². The number of benzene rings is 2. The first-order valence-corrected chi connectivity index (χ1v) is 14.9. The number of rotatable bonds is 9. The van der Waals surface area contributed by atoms with Crippen molar-refractivity contribution in [3.05, 3.63) is 65.7 Å². The van der Waals surface area contributed by atoms with Crippen LogP contribution < -0.4 is 9.47 Å². The van der Waals surface area contributed by atoms with Gasteiger partial charge in [0, 0.05) is 51.5 Å². The quantitative estimate of drug-likeness (QED) is 0.237. The van der Waals surface area contributed by atoms with Gasteiger partial charge in [-0.05, 0) is 92.5 Å². The summed E-state index contributed by atoms with van der Waals surface area (Å²) in [6, 6.07) is 15.2. The van der Waals surface area contributed by atoms with Gasteiger partial charge in [0.1, 0.15) is 17.1 Å². The lowest BCUT2D eigenvalue weighted by molar-refractivity contribution is -0.190. The van der Waals surface area contributed by atoms with Crippen LogP contribution in [0.15, 0.2) is 54.6 Å². The van der Waals surface area contributed by atoms with E-state index in [1.807, 2.05) is 54.4 Å². The van der Waals surface area contributed by atoms with Crippen molar-refractivity contribution in [2.75, 3.05) is 33.8 Å². The lowest BCUT2D eigenvalue weighted by Crippen LogP contribution is -2.68. The fraction of sp³-hybridized carbons (Fsp3) is 0.500. The second kappa shape index (κ2) is 12.3. The Kier molecular flexibility index (Phi) is 8.73. The summed E-state index contributed by atoms with van der Waals surface area (Å²) in [5.41, 5.74) is 0.557. The Morgan fingerprint density at radius 2 is 1.76 bits per heavy atom. The highest BCUT2D eigenvalue weighted by Crippen LogP contribution is 2.55. The first-order valence-electron chi connectivity index (χ1n) is 14.9. The predicted molar refractivity (Wildman–Crippen MR) is 160 cm³/mol. The third-order valence-electron chi connectivity index (χ3n) is 9.28. The van der Waals surface area contributed by atoms with Crippen LogP contribution in [-0.4, -0.2) is 73.1 Å². The molecule has 1 aliphatic heterocycles. The molecule has 0 bridgehead atoms. The number of methoxy groups -OCH3 is 1. The van der Waals surface area contributed by atoms with Gasteiger partial charge in [0.05, 0.1) is 7.11 Å². The summed E-state index contributed by atoms with van der Waals surface area (Å²) < 4.78 is 17.2. The number of amides is 1. The van der Waals surface area contributed by atoms with Gasteiger partial charge in [0.2, 0.25) is 5.91 Å². The number of fused-ring (bicyclic) bond motifs is 1. The lowest BCUT2D eigenvalue weighted by atomic mass is 9.55. The highest BCUT2D eigenvalue weighted by molar-refractivity contribution is 5.92. The van der Waals surface area contributed by atoms with Crippen molar-refractivity contribution in [1.82, 2.24) is 9.80 Å². The molecule has 42 heavy (non-hydrogen) atoms. The molecule has 0 aromatic heterocycles. The fourth-order valence-electron chi connectivity index (χ4n) is 7.05. The molecule has 3 aliphatic rings. The van der Waals surface area contributed by atoms with E-state index >= 15 is 0 Å². The Morgan fingerprint density at radius 1 is 1.00 bits per heavy atom. The number of hydrogen-bond donors (Lipinski definition) is 0. The van der Waals surface area contributed by atoms with Crippen LogP contribution >= 0.6 is 0 Å². The van der Waals surface area contributed by atoms with E-state index in [9.17, 15) is 14.4 Å². The van der Waals surface area contributed by atoms with Crippen molar-refractivity contribution in [3.8, 4) is 11.5 Å². The van der Waals surface area contributed by atoms with Crippen LogP contribution in [0.2, 0.25) is 0 Å². The molecule has 2 saturated carbocycles. The van der Waals surface area contributed by atoms with E-state index in [4.69, 9.17) is 14.2 Å². The van der Waals surface area contributed by atoms with Crippen molar-refractivity contribution in [1.29, 1.82) is 0 Å². The maximum atomic E-state index is 13.4. The summed E-state index contributed by atoms with van der Waals surface area (Å²) in [6.45, 7) is 5.42. The summed E-state index contributed by atoms with van der Waals surface area (Å²) in [6.07, 6.45) is 8.68. The molecule has 3 unspecified atom stereocenters. The van der Waals surface area contributed by atoms with E-state index in [1.54, 1.807) is 19.3 Å². The molecule has 3 atom stereocenters. The molecule has 0 radical (unpaired) electrons. The van der Waals surface area contributed by atoms with Gasteiger partial charge in [-0.15, -0.1) is 0 Å². The first-order chi connectivity index (χ1) is 20.1. The van der Waals surface area contributed by atoms with Crippen molar-refractivity contribution >= 4 is 23.9 Å². The number of piperidine rings is 1. The molecule has 2 aromatic rings. The molecule has 2 aliphatic carbocycles. The van der Waals surface area contributed by atoms with Crippen LogP contribution in [-0.2, 0) is 24.5 Å². The fourth-order valence-corrected chi connectivity index (χ4v) is 7.05. The van der Waals surface area contributed by atoms with E-state index in [-0.39, 0.29) is 23.9 Å². The van der Waals surface area contributed by atoms with Crippen molar-refractivity contribution < 1.29 is 28.6 Å². The van der Waals surface area contributed by atoms with Gasteiger partial charge in [0.15, 0.2) is 0 Å². The van der Waals surface area contributed by atoms with E-state index in [0.717, 1.165) is 42.3 Å². The monoisotopic (exact) mass is 574 g/mol. The number of nitrogens with zero attached hydrogens (tertiary/aromatic N) is 2. The highest BCUT2D eigenvalue weighted by atomic mass is 16.6. The Morgan fingerprint density at radius 3 is 2.48 bits per heavy atom. The SMILES string of the molecule is COc1cccc(/C=C/C(=O)N(C)C2CCC3(OC(C)=O)CN(CC4CC4)CCC3(c3cccc(OC(C)=O)c3)C2)c1. The van der Waals surface area contributed by atoms with Gasteiger partial charge in [0.25, 0.3) is 0 Å². The average molecular weight is 575 g/mol. The number of hydrogen-bond acceptors (Lipinski definition) is 7. The van der Waals surface area contributed by atoms with E-state index in [0.29, 0.717) is 31.6 Å². The van der Waals surface area contributed by atoms with Gasteiger partial charge in [-0.2, -0.15) is 0 Å². The molecule has 0 spiro atoms. The number of carbonyl (C=O) groups is 3. The van der Waals surface area contributed by atoms with Crippen LogP contribution in [0.5, 0.6) is 11.5 Å². The molecular weight excluding hydrogens is 532 g/mol. The van der Waals surface area contributed by atoms with Crippen molar-refractivity contribution in [2.45, 2.75) is 69.4 Å². The summed E-state index contributed by atoms with van der Waals surface area (Å²) >= 11 is 0. The Labute approximate surface area is 248 Å². The zero-order valence-corrected chi connectivity index (χ0v) is 25.1. The number of carbonyl (C=O) groups excluding carboxylic acids is 3. The third kappa shape index (κ3) is 6.38. The number of esters is 2. The van der Waals surface area contributed by atoms with Crippen LogP contribution in [0.3, 0.4) is 0 Å². The maximum absolute atomic E-state index is 13.4. The van der Waals surface area contributed by atoms with Gasteiger partial charge in [-0.25, -0.2) is 0 Å². The molecule has 2 aromatic carbocycles. The zero-order valence-electron chi connectivity index (χ0n) is 25.1. The normalized spacial score (nSPS) is 25.9. The molecule has 3 fully saturated rings. The highest BCUT2D eigenvalue weighted by Gasteiger charge is 2.61. The second-order valence-electron chi connectivity index (χ2n) is 12.2. The minimum Gasteiger partial charge on any atom is -0.497 e. The Bertz CT molecular complexity index is 1350. The molecule has 1 amide bonds. The molecule has 0 N–H and O–H groups in total. The minimum absolute atomic E-state index is 0.0662. The largest absolute Gasteiger partial charge is 0.497 e. The van der Waals surface area contributed by atoms with Gasteiger partial charge < -0.3 is 19.1 Å². The topological polar surface area (TPSA) is 85.4 Å². The summed E-state index contributed by atoms with van der Waals surface area (Å²) in [7, 11) is 3.47. The molecule has 8 nitrogen and oxygen atoms in total. The smallest absolute Gasteiger partial charge is 0.308 e. The van der Waals surface area contributed by atoms with E-state index < -0.39 is 11.0 Å². The number of likely N-dealkylation sites (tertiary alicyclic amines) is 1. The summed E-state index contributed by atoms with van der Waals surface area (Å²) in [4.78, 5) is 42.2. The molecule has 224 valence electrons. The standard InChI is InChI=1S/C34H42N2O6/c1-24(37)41-31-10-6-8-28(20-31)33-17-18-36(22-27-11-12-27)23-34(33,42-25(2)38)16-15-29(21-33)35(3)32(39)14-13-26-7-5-9-30(19-26)40-4/h5-10,13-14,19-20,27,29H,11-12,15-18,21-23H2,1-4H3/b14-13+. The van der Waals surface area contributed by atoms with Crippen LogP contribution in [0.25, 0.3) is 6.08 Å². The molecule has 1 saturated heterocycles. The number of likely N-dealkylation sites (N-methyl/N-ethyl adjacent to an activating group) is 1. The second-order valence-corrected chi connectivity index (χ2v) is 12.2. The van der Waals surface area contributed by atoms with Gasteiger partial charge >= 0.3 is 11.9 Å². The van der Waals surface area contributed by atoms with E-state index in [1.165, 1.54) is 26.7 Å². The summed E-state index contributed by atoms with van der Waals surface area (Å²) in [5, 5.41) is 0. The van der Waals surface area contributed by atoms with Gasteiger partial charge in [-0.3, -0.25) is 19.3 Å². The van der Waals surface area contributed by atoms with Crippen LogP contribution in [0.1, 0.15) is 63.5 Å². The Hall–Kier alpha value is -3.65. The molecular formula is C34H42N2O6. The number of ether oxygens (including phenoxy) is 3. The molecule has 5 rings (SSSR count). The third-order valence-corrected chi connectivity index (χ3v) is 9.28. The first kappa shape index (κ1) is 29.8. The van der Waals surface area contributed by atoms with Crippen molar-refractivity contribution in [3.63, 3.8) is 0 Å². The maximum Gasteiger partial charge on any atom is 0.308 e. The van der Waals surface area contributed by atoms with E-state index in [2.05, 4.69) is 11.0 Å². The predicted octanol–water partition coefficient (Wildman–Crippen LogP) is 5.00. The van der Waals surface area contributed by atoms with Crippen LogP contribution in [0, 0.1) is 5.92 Å². The Balaban J connectivity index is 1.47. The van der Waals surface area contributed by atoms with Gasteiger partial charge in [-0.1, -0.05) is 24.3 Å². The molecule has 1 heterocycles.